The van der Waals surface area contributed by atoms with Crippen molar-refractivity contribution in [2.24, 2.45) is 5.92 Å². The van der Waals surface area contributed by atoms with E-state index in [1.54, 1.807) is 11.4 Å². The van der Waals surface area contributed by atoms with Crippen molar-refractivity contribution in [3.63, 3.8) is 0 Å². The summed E-state index contributed by atoms with van der Waals surface area (Å²) in [5, 5.41) is 1.76. The van der Waals surface area contributed by atoms with Gasteiger partial charge in [0.15, 0.2) is 0 Å². The summed E-state index contributed by atoms with van der Waals surface area (Å²) >= 11 is 10.6. The zero-order chi connectivity index (χ0) is 14.1. The van der Waals surface area contributed by atoms with E-state index in [2.05, 4.69) is 27.6 Å². The third-order valence-corrected chi connectivity index (χ3v) is 8.29. The number of rotatable bonds is 4. The highest BCUT2D eigenvalue weighted by Crippen LogP contribution is 2.36. The molecule has 1 aliphatic rings. The van der Waals surface area contributed by atoms with Gasteiger partial charge in [0.1, 0.15) is 4.21 Å². The van der Waals surface area contributed by atoms with Crippen LogP contribution in [0.2, 0.25) is 0 Å². The highest BCUT2D eigenvalue weighted by Gasteiger charge is 2.38. The Morgan fingerprint density at radius 3 is 2.89 bits per heavy atom. The maximum Gasteiger partial charge on any atom is 0.251 e. The standard InChI is InChI=1S/C12H17BrClNO2S2/c1-9-3-2-5-12(7-9,8-14)15-19(16,17)11-10(13)4-6-18-11/h4,6,9,15H,2-3,5,7-8H2,1H3. The van der Waals surface area contributed by atoms with Crippen LogP contribution in [0.3, 0.4) is 0 Å². The zero-order valence-corrected chi connectivity index (χ0v) is 14.6. The summed E-state index contributed by atoms with van der Waals surface area (Å²) in [6, 6.07) is 1.75. The van der Waals surface area contributed by atoms with E-state index in [0.717, 1.165) is 25.7 Å². The van der Waals surface area contributed by atoms with Gasteiger partial charge in [-0.2, -0.15) is 0 Å². The molecule has 0 amide bonds. The number of sulfonamides is 1. The summed E-state index contributed by atoms with van der Waals surface area (Å²) in [5.74, 6) is 0.821. The molecule has 108 valence electrons. The predicted octanol–water partition coefficient (Wildman–Crippen LogP) is 3.98. The van der Waals surface area contributed by atoms with Crippen molar-refractivity contribution in [3.8, 4) is 0 Å². The summed E-state index contributed by atoms with van der Waals surface area (Å²) in [6.07, 6.45) is 3.77. The number of hydrogen-bond acceptors (Lipinski definition) is 3. The molecule has 3 nitrogen and oxygen atoms in total. The van der Waals surface area contributed by atoms with E-state index in [1.165, 1.54) is 11.3 Å². The minimum Gasteiger partial charge on any atom is -0.206 e. The Morgan fingerprint density at radius 1 is 1.63 bits per heavy atom. The van der Waals surface area contributed by atoms with Crippen molar-refractivity contribution in [2.75, 3.05) is 5.88 Å². The number of alkyl halides is 1. The molecule has 19 heavy (non-hydrogen) atoms. The maximum absolute atomic E-state index is 12.5. The molecule has 1 aromatic rings. The number of halogens is 2. The highest BCUT2D eigenvalue weighted by molar-refractivity contribution is 9.10. The molecule has 0 spiro atoms. The summed E-state index contributed by atoms with van der Waals surface area (Å²) in [5.41, 5.74) is -0.499. The minimum absolute atomic E-state index is 0.319. The lowest BCUT2D eigenvalue weighted by atomic mass is 9.78. The van der Waals surface area contributed by atoms with E-state index < -0.39 is 15.6 Å². The first kappa shape index (κ1) is 15.8. The molecule has 0 radical (unpaired) electrons. The van der Waals surface area contributed by atoms with E-state index in [1.807, 2.05) is 0 Å². The van der Waals surface area contributed by atoms with Gasteiger partial charge in [-0.05, 0) is 46.1 Å². The topological polar surface area (TPSA) is 46.2 Å². The SMILES string of the molecule is CC1CCCC(CCl)(NS(=O)(=O)c2sccc2Br)C1. The molecule has 1 N–H and O–H groups in total. The van der Waals surface area contributed by atoms with Gasteiger partial charge in [0.2, 0.25) is 0 Å². The van der Waals surface area contributed by atoms with Gasteiger partial charge in [-0.3, -0.25) is 0 Å². The van der Waals surface area contributed by atoms with Gasteiger partial charge < -0.3 is 0 Å². The quantitative estimate of drug-likeness (QED) is 0.796. The second-order valence-electron chi connectivity index (χ2n) is 5.28. The van der Waals surface area contributed by atoms with Crippen LogP contribution < -0.4 is 4.72 Å². The second kappa shape index (κ2) is 6.02. The Kier molecular flexibility index (Phi) is 4.99. The molecule has 1 aromatic heterocycles. The molecule has 0 aromatic carbocycles. The Bertz CT molecular complexity index is 546. The van der Waals surface area contributed by atoms with Crippen LogP contribution in [0, 0.1) is 5.92 Å². The highest BCUT2D eigenvalue weighted by atomic mass is 79.9. The van der Waals surface area contributed by atoms with Crippen LogP contribution >= 0.6 is 38.9 Å². The molecule has 1 saturated carbocycles. The fourth-order valence-corrected chi connectivity index (χ4v) is 6.87. The minimum atomic E-state index is -3.50. The molecule has 2 atom stereocenters. The monoisotopic (exact) mass is 385 g/mol. The van der Waals surface area contributed by atoms with Crippen molar-refractivity contribution in [2.45, 2.75) is 42.4 Å². The number of hydrogen-bond donors (Lipinski definition) is 1. The summed E-state index contributed by atoms with van der Waals surface area (Å²) in [6.45, 7) is 2.15. The van der Waals surface area contributed by atoms with Crippen LogP contribution in [0.15, 0.2) is 20.1 Å². The van der Waals surface area contributed by atoms with Crippen LogP contribution in [0.1, 0.15) is 32.6 Å². The number of thiophene rings is 1. The van der Waals surface area contributed by atoms with Crippen LogP contribution in [0.25, 0.3) is 0 Å². The van der Waals surface area contributed by atoms with Gasteiger partial charge in [0.05, 0.1) is 0 Å². The summed E-state index contributed by atoms with van der Waals surface area (Å²) < 4.78 is 28.7. The van der Waals surface area contributed by atoms with Gasteiger partial charge in [-0.15, -0.1) is 22.9 Å². The lowest BCUT2D eigenvalue weighted by molar-refractivity contribution is 0.239. The largest absolute Gasteiger partial charge is 0.251 e. The van der Waals surface area contributed by atoms with Crippen LogP contribution in [-0.2, 0) is 10.0 Å². The summed E-state index contributed by atoms with van der Waals surface area (Å²) in [7, 11) is -3.50. The fourth-order valence-electron chi connectivity index (χ4n) is 2.70. The molecule has 0 saturated heterocycles. The van der Waals surface area contributed by atoms with E-state index in [-0.39, 0.29) is 0 Å². The molecule has 1 aliphatic carbocycles. The molecule has 0 aliphatic heterocycles. The first-order valence-electron chi connectivity index (χ1n) is 6.21. The zero-order valence-electron chi connectivity index (χ0n) is 10.7. The van der Waals surface area contributed by atoms with Crippen molar-refractivity contribution >= 4 is 48.9 Å². The first-order chi connectivity index (χ1) is 8.88. The van der Waals surface area contributed by atoms with Gasteiger partial charge >= 0.3 is 0 Å². The second-order valence-corrected chi connectivity index (χ2v) is 9.19. The molecule has 1 heterocycles. The molecular weight excluding hydrogens is 370 g/mol. The molecular formula is C12H17BrClNO2S2. The van der Waals surface area contributed by atoms with Gasteiger partial charge in [-0.1, -0.05) is 19.8 Å². The van der Waals surface area contributed by atoms with Gasteiger partial charge in [0.25, 0.3) is 10.0 Å². The van der Waals surface area contributed by atoms with Crippen molar-refractivity contribution in [3.05, 3.63) is 15.9 Å². The van der Waals surface area contributed by atoms with E-state index in [9.17, 15) is 8.42 Å². The van der Waals surface area contributed by atoms with Gasteiger partial charge in [0, 0.05) is 15.9 Å². The predicted molar refractivity (Wildman–Crippen MR) is 83.4 cm³/mol. The van der Waals surface area contributed by atoms with E-state index >= 15 is 0 Å². The molecule has 1 fully saturated rings. The smallest absolute Gasteiger partial charge is 0.206 e. The van der Waals surface area contributed by atoms with E-state index in [0.29, 0.717) is 20.5 Å². The maximum atomic E-state index is 12.5. The molecule has 0 bridgehead atoms. The average molecular weight is 387 g/mol. The third-order valence-electron chi connectivity index (χ3n) is 3.53. The van der Waals surface area contributed by atoms with Crippen molar-refractivity contribution < 1.29 is 8.42 Å². The van der Waals surface area contributed by atoms with Crippen LogP contribution in [0.4, 0.5) is 0 Å². The molecule has 2 unspecified atom stereocenters. The molecule has 2 rings (SSSR count). The van der Waals surface area contributed by atoms with Gasteiger partial charge in [-0.25, -0.2) is 13.1 Å². The molecule has 7 heteroatoms. The average Bonchev–Trinajstić information content (AvgIpc) is 2.75. The Hall–Kier alpha value is 0.380. The number of nitrogens with one attached hydrogen (secondary N) is 1. The summed E-state index contributed by atoms with van der Waals surface area (Å²) in [4.78, 5) is 0. The van der Waals surface area contributed by atoms with E-state index in [4.69, 9.17) is 11.6 Å². The third kappa shape index (κ3) is 3.53. The Morgan fingerprint density at radius 2 is 2.37 bits per heavy atom. The van der Waals surface area contributed by atoms with Crippen LogP contribution in [-0.4, -0.2) is 19.8 Å². The van der Waals surface area contributed by atoms with Crippen molar-refractivity contribution in [1.82, 2.24) is 4.72 Å². The lowest BCUT2D eigenvalue weighted by Gasteiger charge is -2.38. The Balaban J connectivity index is 2.25. The van der Waals surface area contributed by atoms with Crippen molar-refractivity contribution in [1.29, 1.82) is 0 Å². The first-order valence-corrected chi connectivity index (χ1v) is 9.90. The normalized spacial score (nSPS) is 28.5. The van der Waals surface area contributed by atoms with Crippen LogP contribution in [0.5, 0.6) is 0 Å². The lowest BCUT2D eigenvalue weighted by Crippen LogP contribution is -2.52. The fraction of sp³-hybridized carbons (Fsp3) is 0.667. The Labute approximate surface area is 131 Å².